The fourth-order valence-electron chi connectivity index (χ4n) is 3.00. The molecule has 1 aromatic carbocycles. The van der Waals surface area contributed by atoms with Gasteiger partial charge in [-0.2, -0.15) is 10.5 Å². The molecule has 27 heavy (non-hydrogen) atoms. The molecule has 1 aromatic rings. The van der Waals surface area contributed by atoms with Crippen molar-refractivity contribution in [2.24, 2.45) is 11.8 Å². The van der Waals surface area contributed by atoms with Crippen LogP contribution in [0.3, 0.4) is 0 Å². The average Bonchev–Trinajstić information content (AvgIpc) is 2.66. The first-order valence-electron chi connectivity index (χ1n) is 9.36. The molecule has 2 unspecified atom stereocenters. The van der Waals surface area contributed by atoms with Gasteiger partial charge in [-0.15, -0.1) is 0 Å². The first-order valence-corrected chi connectivity index (χ1v) is 9.36. The maximum atomic E-state index is 13.0. The van der Waals surface area contributed by atoms with Gasteiger partial charge in [-0.25, -0.2) is 4.39 Å². The molecule has 1 aliphatic rings. The fraction of sp³-hybridized carbons (Fsp3) is 0.600. The molecule has 6 nitrogen and oxygen atoms in total. The van der Waals surface area contributed by atoms with Crippen LogP contribution in [0.4, 0.5) is 4.39 Å². The van der Waals surface area contributed by atoms with Gasteiger partial charge in [-0.05, 0) is 30.2 Å². The standard InChI is InChI=1S/C20H28FN5O/c1-15(2)11-24-20(17(9-22)10-23)25-12-19-14-26(7-8-27-19)13-16-3-5-18(21)6-4-16/h3-6,15,17,19-20,24-25H,7-8,11-14H2,1-2H3. The molecular weight excluding hydrogens is 345 g/mol. The molecule has 0 saturated carbocycles. The summed E-state index contributed by atoms with van der Waals surface area (Å²) in [5, 5.41) is 24.9. The fourth-order valence-corrected chi connectivity index (χ4v) is 3.00. The second kappa shape index (κ2) is 11.0. The molecule has 0 aromatic heterocycles. The van der Waals surface area contributed by atoms with Crippen molar-refractivity contribution in [3.05, 3.63) is 35.6 Å². The van der Waals surface area contributed by atoms with Gasteiger partial charge in [-0.1, -0.05) is 26.0 Å². The first-order chi connectivity index (χ1) is 13.0. The molecule has 2 rings (SSSR count). The molecule has 146 valence electrons. The van der Waals surface area contributed by atoms with E-state index in [0.717, 1.165) is 31.7 Å². The molecule has 0 aliphatic carbocycles. The van der Waals surface area contributed by atoms with Crippen molar-refractivity contribution in [1.29, 1.82) is 10.5 Å². The van der Waals surface area contributed by atoms with Crippen molar-refractivity contribution in [2.45, 2.75) is 32.7 Å². The van der Waals surface area contributed by atoms with Crippen LogP contribution in [-0.2, 0) is 11.3 Å². The molecule has 2 N–H and O–H groups in total. The minimum atomic E-state index is -0.761. The quantitative estimate of drug-likeness (QED) is 0.643. The number of morpholine rings is 1. The van der Waals surface area contributed by atoms with E-state index in [9.17, 15) is 14.9 Å². The smallest absolute Gasteiger partial charge is 0.161 e. The first kappa shape index (κ1) is 21.3. The van der Waals surface area contributed by atoms with Gasteiger partial charge in [0.15, 0.2) is 5.92 Å². The monoisotopic (exact) mass is 373 g/mol. The van der Waals surface area contributed by atoms with Crippen LogP contribution in [0.1, 0.15) is 19.4 Å². The summed E-state index contributed by atoms with van der Waals surface area (Å²) in [6, 6.07) is 10.6. The lowest BCUT2D eigenvalue weighted by Gasteiger charge is -2.34. The number of nitrogens with zero attached hydrogens (tertiary/aromatic N) is 3. The van der Waals surface area contributed by atoms with Crippen molar-refractivity contribution in [3.8, 4) is 12.1 Å². The molecule has 0 amide bonds. The Morgan fingerprint density at radius 2 is 1.93 bits per heavy atom. The third-order valence-corrected chi connectivity index (χ3v) is 4.47. The van der Waals surface area contributed by atoms with Crippen LogP contribution in [0.5, 0.6) is 0 Å². The van der Waals surface area contributed by atoms with Crippen LogP contribution in [0.25, 0.3) is 0 Å². The molecule has 1 fully saturated rings. The number of nitrogens with one attached hydrogen (secondary N) is 2. The highest BCUT2D eigenvalue weighted by molar-refractivity contribution is 5.16. The molecule has 0 spiro atoms. The Morgan fingerprint density at radius 3 is 2.56 bits per heavy atom. The van der Waals surface area contributed by atoms with Gasteiger partial charge < -0.3 is 4.74 Å². The number of nitriles is 2. The minimum absolute atomic E-state index is 0.0272. The van der Waals surface area contributed by atoms with Crippen molar-refractivity contribution in [2.75, 3.05) is 32.8 Å². The van der Waals surface area contributed by atoms with Crippen molar-refractivity contribution >= 4 is 0 Å². The summed E-state index contributed by atoms with van der Waals surface area (Å²) in [4.78, 5) is 2.27. The van der Waals surface area contributed by atoms with E-state index in [1.807, 2.05) is 12.1 Å². The van der Waals surface area contributed by atoms with Gasteiger partial charge in [-0.3, -0.25) is 15.5 Å². The molecule has 2 atom stereocenters. The Labute approximate surface area is 160 Å². The van der Waals surface area contributed by atoms with Gasteiger partial charge >= 0.3 is 0 Å². The number of benzene rings is 1. The third-order valence-electron chi connectivity index (χ3n) is 4.47. The second-order valence-corrected chi connectivity index (χ2v) is 7.28. The largest absolute Gasteiger partial charge is 0.374 e. The van der Waals surface area contributed by atoms with Gasteiger partial charge in [0.05, 0.1) is 31.0 Å². The zero-order valence-corrected chi connectivity index (χ0v) is 16.0. The SMILES string of the molecule is CC(C)CNC(NCC1CN(Cc2ccc(F)cc2)CCO1)C(C#N)C#N. The molecule has 7 heteroatoms. The van der Waals surface area contributed by atoms with E-state index in [4.69, 9.17) is 4.74 Å². The Hall–Kier alpha value is -2.03. The van der Waals surface area contributed by atoms with E-state index >= 15 is 0 Å². The van der Waals surface area contributed by atoms with Gasteiger partial charge in [0.25, 0.3) is 0 Å². The molecule has 0 radical (unpaired) electrons. The van der Waals surface area contributed by atoms with E-state index in [2.05, 4.69) is 29.4 Å². The predicted octanol–water partition coefficient (Wildman–Crippen LogP) is 1.85. The molecule has 1 saturated heterocycles. The third kappa shape index (κ3) is 7.24. The van der Waals surface area contributed by atoms with E-state index in [1.165, 1.54) is 12.1 Å². The highest BCUT2D eigenvalue weighted by Gasteiger charge is 2.25. The van der Waals surface area contributed by atoms with Crippen molar-refractivity contribution in [3.63, 3.8) is 0 Å². The maximum Gasteiger partial charge on any atom is 0.161 e. The Balaban J connectivity index is 1.86. The van der Waals surface area contributed by atoms with Crippen LogP contribution in [0, 0.1) is 40.3 Å². The van der Waals surface area contributed by atoms with Crippen molar-refractivity contribution < 1.29 is 9.13 Å². The Bertz CT molecular complexity index is 638. The summed E-state index contributed by atoms with van der Waals surface area (Å²) in [7, 11) is 0. The number of hydrogen-bond donors (Lipinski definition) is 2. The van der Waals surface area contributed by atoms with Crippen LogP contribution < -0.4 is 10.6 Å². The zero-order chi connectivity index (χ0) is 19.6. The highest BCUT2D eigenvalue weighted by Crippen LogP contribution is 2.11. The number of rotatable bonds is 9. The summed E-state index contributed by atoms with van der Waals surface area (Å²) in [5.74, 6) is -0.570. The van der Waals surface area contributed by atoms with E-state index < -0.39 is 12.1 Å². The van der Waals surface area contributed by atoms with Crippen molar-refractivity contribution in [1.82, 2.24) is 15.5 Å². The minimum Gasteiger partial charge on any atom is -0.374 e. The lowest BCUT2D eigenvalue weighted by Crippen LogP contribution is -2.53. The van der Waals surface area contributed by atoms with Gasteiger partial charge in [0.2, 0.25) is 0 Å². The summed E-state index contributed by atoms with van der Waals surface area (Å²) in [6.07, 6.45) is -0.418. The maximum absolute atomic E-state index is 13.0. The lowest BCUT2D eigenvalue weighted by atomic mass is 10.1. The van der Waals surface area contributed by atoms with Gasteiger partial charge in [0, 0.05) is 26.2 Å². The topological polar surface area (TPSA) is 84.1 Å². The summed E-state index contributed by atoms with van der Waals surface area (Å²) in [5.41, 5.74) is 1.07. The number of ether oxygens (including phenoxy) is 1. The van der Waals surface area contributed by atoms with Gasteiger partial charge in [0.1, 0.15) is 5.82 Å². The van der Waals surface area contributed by atoms with Crippen LogP contribution in [0.15, 0.2) is 24.3 Å². The molecule has 0 bridgehead atoms. The summed E-state index contributed by atoms with van der Waals surface area (Å²) in [6.45, 7) is 8.36. The Kier molecular flexibility index (Phi) is 8.63. The lowest BCUT2D eigenvalue weighted by molar-refractivity contribution is -0.0317. The molecule has 1 heterocycles. The summed E-state index contributed by atoms with van der Waals surface area (Å²) < 4.78 is 18.9. The summed E-state index contributed by atoms with van der Waals surface area (Å²) >= 11 is 0. The van der Waals surface area contributed by atoms with Crippen LogP contribution in [-0.4, -0.2) is 50.0 Å². The predicted molar refractivity (Wildman–Crippen MR) is 101 cm³/mol. The highest BCUT2D eigenvalue weighted by atomic mass is 19.1. The van der Waals surface area contributed by atoms with Crippen LogP contribution >= 0.6 is 0 Å². The Morgan fingerprint density at radius 1 is 1.22 bits per heavy atom. The normalized spacial score (nSPS) is 19.0. The zero-order valence-electron chi connectivity index (χ0n) is 16.0. The van der Waals surface area contributed by atoms with E-state index in [1.54, 1.807) is 12.1 Å². The molecular formula is C20H28FN5O. The van der Waals surface area contributed by atoms with E-state index in [-0.39, 0.29) is 11.9 Å². The number of halogens is 1. The second-order valence-electron chi connectivity index (χ2n) is 7.28. The van der Waals surface area contributed by atoms with Crippen LogP contribution in [0.2, 0.25) is 0 Å². The van der Waals surface area contributed by atoms with E-state index in [0.29, 0.717) is 19.1 Å². The number of hydrogen-bond acceptors (Lipinski definition) is 6. The average molecular weight is 373 g/mol. The molecule has 1 aliphatic heterocycles.